The molecule has 0 saturated heterocycles. The highest BCUT2D eigenvalue weighted by Gasteiger charge is 2.17. The Morgan fingerprint density at radius 3 is 2.48 bits per heavy atom. The maximum Gasteiger partial charge on any atom is 0.332 e. The van der Waals surface area contributed by atoms with E-state index in [1.54, 1.807) is 0 Å². The second-order valence-electron chi connectivity index (χ2n) is 7.30. The minimum absolute atomic E-state index is 0.0116. The fourth-order valence-corrected chi connectivity index (χ4v) is 3.65. The van der Waals surface area contributed by atoms with Crippen LogP contribution in [0.4, 0.5) is 13.2 Å². The predicted molar refractivity (Wildman–Crippen MR) is 111 cm³/mol. The Kier molecular flexibility index (Phi) is 6.31. The van der Waals surface area contributed by atoms with Gasteiger partial charge in [0.1, 0.15) is 17.5 Å². The number of benzene rings is 1. The second kappa shape index (κ2) is 9.17. The topological polar surface area (TPSA) is 116 Å². The summed E-state index contributed by atoms with van der Waals surface area (Å²) in [4.78, 5) is 33.4. The third kappa shape index (κ3) is 4.53. The van der Waals surface area contributed by atoms with Crippen LogP contribution in [0.1, 0.15) is 31.2 Å². The van der Waals surface area contributed by atoms with E-state index in [4.69, 9.17) is 11.6 Å². The zero-order valence-corrected chi connectivity index (χ0v) is 18.1. The van der Waals surface area contributed by atoms with Crippen LogP contribution in [0, 0.1) is 17.5 Å². The molecule has 174 valence electrons. The number of hydrogen-bond donors (Lipinski definition) is 1. The molecule has 4 aromatic rings. The van der Waals surface area contributed by atoms with Crippen LogP contribution < -0.4 is 11.2 Å². The third-order valence-electron chi connectivity index (χ3n) is 4.95. The first-order valence-corrected chi connectivity index (χ1v) is 10.4. The van der Waals surface area contributed by atoms with Gasteiger partial charge in [-0.05, 0) is 29.7 Å². The number of nitrogens with one attached hydrogen (secondary N) is 1. The van der Waals surface area contributed by atoms with Crippen molar-refractivity contribution in [1.82, 2.24) is 39.3 Å². The average Bonchev–Trinajstić information content (AvgIpc) is 3.37. The molecule has 4 rings (SSSR count). The molecule has 0 aliphatic heterocycles. The summed E-state index contributed by atoms with van der Waals surface area (Å²) in [5.41, 5.74) is -1.08. The summed E-state index contributed by atoms with van der Waals surface area (Å²) in [6.07, 6.45) is 0.638. The monoisotopic (exact) mass is 482 g/mol. The van der Waals surface area contributed by atoms with E-state index in [9.17, 15) is 22.8 Å². The lowest BCUT2D eigenvalue weighted by molar-refractivity contribution is 0.452. The van der Waals surface area contributed by atoms with Crippen LogP contribution in [0.5, 0.6) is 0 Å². The molecule has 3 aromatic heterocycles. The lowest BCUT2D eigenvalue weighted by Gasteiger charge is -2.10. The van der Waals surface area contributed by atoms with Gasteiger partial charge in [-0.15, -0.1) is 10.2 Å². The van der Waals surface area contributed by atoms with Gasteiger partial charge in [-0.3, -0.25) is 13.9 Å². The molecule has 0 fully saturated rings. The zero-order chi connectivity index (χ0) is 23.7. The first-order chi connectivity index (χ1) is 15.8. The summed E-state index contributed by atoms with van der Waals surface area (Å²) in [5, 5.41) is 11.6. The number of H-pyrrole nitrogens is 1. The summed E-state index contributed by atoms with van der Waals surface area (Å²) in [7, 11) is 0. The Morgan fingerprint density at radius 2 is 1.79 bits per heavy atom. The molecule has 0 bridgehead atoms. The van der Waals surface area contributed by atoms with Gasteiger partial charge in [0.15, 0.2) is 17.0 Å². The summed E-state index contributed by atoms with van der Waals surface area (Å²) < 4.78 is 43.2. The van der Waals surface area contributed by atoms with E-state index in [-0.39, 0.29) is 47.3 Å². The molecule has 1 aromatic carbocycles. The molecule has 0 radical (unpaired) electrons. The van der Waals surface area contributed by atoms with Crippen molar-refractivity contribution in [2.75, 3.05) is 0 Å². The van der Waals surface area contributed by atoms with Gasteiger partial charge in [-0.2, -0.15) is 9.78 Å². The van der Waals surface area contributed by atoms with Crippen molar-refractivity contribution in [1.29, 1.82) is 0 Å². The normalized spacial score (nSPS) is 11.5. The molecule has 1 N–H and O–H groups in total. The Balaban J connectivity index is 1.49. The molecule has 3 heterocycles. The van der Waals surface area contributed by atoms with E-state index in [1.165, 1.54) is 9.36 Å². The number of tetrazole rings is 1. The van der Waals surface area contributed by atoms with Gasteiger partial charge < -0.3 is 4.98 Å². The minimum Gasteiger partial charge on any atom is -0.323 e. The number of rotatable bonds is 8. The van der Waals surface area contributed by atoms with Gasteiger partial charge in [0.2, 0.25) is 5.28 Å². The quantitative estimate of drug-likeness (QED) is 0.384. The molecular weight excluding hydrogens is 465 g/mol. The standard InChI is InChI=1S/C19H18ClF3N8O2/c1-2-4-29-16-15(24-18(20)25-16)17(32)30(19(29)33)5-3-6-31-27-14(26-28-31)9-11-12(22)7-10(21)8-13(11)23/h7-8H,2-6,9H2,1H3,(H,24,25). The third-order valence-corrected chi connectivity index (χ3v) is 5.13. The maximum atomic E-state index is 13.8. The molecule has 0 aliphatic rings. The van der Waals surface area contributed by atoms with Crippen molar-refractivity contribution < 1.29 is 13.2 Å². The number of nitrogens with zero attached hydrogens (tertiary/aromatic N) is 7. The number of aromatic nitrogens is 8. The van der Waals surface area contributed by atoms with Crippen molar-refractivity contribution in [3.05, 3.63) is 67.1 Å². The van der Waals surface area contributed by atoms with Crippen LogP contribution in [0.2, 0.25) is 5.28 Å². The van der Waals surface area contributed by atoms with E-state index in [0.717, 1.165) is 4.57 Å². The molecule has 0 unspecified atom stereocenters. The summed E-state index contributed by atoms with van der Waals surface area (Å²) in [5.74, 6) is -3.06. The van der Waals surface area contributed by atoms with Crippen LogP contribution in [-0.4, -0.2) is 39.3 Å². The number of fused-ring (bicyclic) bond motifs is 1. The average molecular weight is 483 g/mol. The number of aromatic amines is 1. The van der Waals surface area contributed by atoms with Crippen molar-refractivity contribution in [3.8, 4) is 0 Å². The molecule has 0 spiro atoms. The lowest BCUT2D eigenvalue weighted by atomic mass is 10.1. The Morgan fingerprint density at radius 1 is 1.06 bits per heavy atom. The molecule has 14 heteroatoms. The smallest absolute Gasteiger partial charge is 0.323 e. The fourth-order valence-electron chi connectivity index (χ4n) is 3.47. The van der Waals surface area contributed by atoms with Crippen molar-refractivity contribution >= 4 is 22.8 Å². The molecule has 0 aliphatic carbocycles. The summed E-state index contributed by atoms with van der Waals surface area (Å²) in [6, 6.07) is 1.16. The Hall–Kier alpha value is -3.48. The molecule has 0 atom stereocenters. The summed E-state index contributed by atoms with van der Waals surface area (Å²) in [6.45, 7) is 2.50. The number of aryl methyl sites for hydroxylation is 2. The zero-order valence-electron chi connectivity index (χ0n) is 17.4. The number of hydrogen-bond acceptors (Lipinski definition) is 6. The molecular formula is C19H18ClF3N8O2. The highest BCUT2D eigenvalue weighted by molar-refractivity contribution is 6.28. The molecule has 0 amide bonds. The minimum atomic E-state index is -1.04. The van der Waals surface area contributed by atoms with Gasteiger partial charge in [-0.1, -0.05) is 6.92 Å². The Labute approximate surface area is 188 Å². The largest absolute Gasteiger partial charge is 0.332 e. The van der Waals surface area contributed by atoms with Crippen molar-refractivity contribution in [2.24, 2.45) is 0 Å². The Bertz CT molecular complexity index is 1420. The number of halogens is 4. The van der Waals surface area contributed by atoms with Crippen LogP contribution in [-0.2, 0) is 26.1 Å². The van der Waals surface area contributed by atoms with Gasteiger partial charge in [0.25, 0.3) is 5.56 Å². The van der Waals surface area contributed by atoms with Gasteiger partial charge >= 0.3 is 5.69 Å². The van der Waals surface area contributed by atoms with E-state index in [2.05, 4.69) is 25.4 Å². The lowest BCUT2D eigenvalue weighted by Crippen LogP contribution is -2.40. The van der Waals surface area contributed by atoms with Gasteiger partial charge in [0.05, 0.1) is 6.54 Å². The highest BCUT2D eigenvalue weighted by atomic mass is 35.5. The molecule has 33 heavy (non-hydrogen) atoms. The first kappa shape index (κ1) is 22.7. The van der Waals surface area contributed by atoms with Crippen LogP contribution in [0.25, 0.3) is 11.2 Å². The first-order valence-electron chi connectivity index (χ1n) is 10.1. The van der Waals surface area contributed by atoms with E-state index in [1.807, 2.05) is 6.92 Å². The second-order valence-corrected chi connectivity index (χ2v) is 7.66. The molecule has 0 saturated carbocycles. The van der Waals surface area contributed by atoms with Gasteiger partial charge in [-0.25, -0.2) is 18.0 Å². The maximum absolute atomic E-state index is 13.8. The SMILES string of the molecule is CCCn1c(=O)n(CCCn2nnc(Cc3c(F)cc(F)cc3F)n2)c(=O)c2[nH]c(Cl)nc21. The van der Waals surface area contributed by atoms with Crippen LogP contribution in [0.3, 0.4) is 0 Å². The van der Waals surface area contributed by atoms with E-state index >= 15 is 0 Å². The molecule has 10 nitrogen and oxygen atoms in total. The van der Waals surface area contributed by atoms with E-state index in [0.29, 0.717) is 31.5 Å². The van der Waals surface area contributed by atoms with Crippen molar-refractivity contribution in [2.45, 2.75) is 45.8 Å². The number of imidazole rings is 1. The van der Waals surface area contributed by atoms with Crippen LogP contribution in [0.15, 0.2) is 21.7 Å². The van der Waals surface area contributed by atoms with Gasteiger partial charge in [0, 0.05) is 37.2 Å². The fraction of sp³-hybridized carbons (Fsp3) is 0.368. The van der Waals surface area contributed by atoms with Crippen LogP contribution >= 0.6 is 11.6 Å². The van der Waals surface area contributed by atoms with E-state index < -0.39 is 28.7 Å². The predicted octanol–water partition coefficient (Wildman–Crippen LogP) is 2.03. The van der Waals surface area contributed by atoms with Crippen molar-refractivity contribution in [3.63, 3.8) is 0 Å². The highest BCUT2D eigenvalue weighted by Crippen LogP contribution is 2.17. The summed E-state index contributed by atoms with van der Waals surface area (Å²) >= 11 is 5.88.